The van der Waals surface area contributed by atoms with Crippen molar-refractivity contribution in [3.05, 3.63) is 58.7 Å². The first-order valence-corrected chi connectivity index (χ1v) is 14.2. The molecular formula is C28H40N4O5S. The second-order valence-corrected chi connectivity index (χ2v) is 11.9. The Balaban J connectivity index is 1.48. The van der Waals surface area contributed by atoms with Crippen molar-refractivity contribution in [2.45, 2.75) is 45.2 Å². The van der Waals surface area contributed by atoms with Crippen molar-refractivity contribution >= 4 is 21.8 Å². The summed E-state index contributed by atoms with van der Waals surface area (Å²) in [6.07, 6.45) is 0. The van der Waals surface area contributed by atoms with E-state index in [0.29, 0.717) is 29.5 Å². The molecular weight excluding hydrogens is 504 g/mol. The summed E-state index contributed by atoms with van der Waals surface area (Å²) < 4.78 is 38.2. The van der Waals surface area contributed by atoms with Crippen LogP contribution in [0, 0.1) is 13.8 Å². The molecule has 0 bridgehead atoms. The molecule has 0 spiro atoms. The average Bonchev–Trinajstić information content (AvgIpc) is 3.36. The van der Waals surface area contributed by atoms with Gasteiger partial charge in [-0.25, -0.2) is 8.42 Å². The van der Waals surface area contributed by atoms with Gasteiger partial charge in [0.25, 0.3) is 0 Å². The third-order valence-electron chi connectivity index (χ3n) is 6.67. The SMILES string of the molecule is COc1cc(C)c(S(=O)(=O)N(C)CCOCC(=O)N(C)Cc2ccc(C3=NCCN3C(C)C)cc2)c(C)c1. The first-order valence-electron chi connectivity index (χ1n) is 12.8. The molecule has 0 fully saturated rings. The molecule has 0 unspecified atom stereocenters. The van der Waals surface area contributed by atoms with Crippen molar-refractivity contribution in [2.24, 2.45) is 4.99 Å². The van der Waals surface area contributed by atoms with Gasteiger partial charge in [0.1, 0.15) is 18.2 Å². The first-order chi connectivity index (χ1) is 17.9. The van der Waals surface area contributed by atoms with E-state index in [2.05, 4.69) is 23.7 Å². The maximum Gasteiger partial charge on any atom is 0.248 e. The Labute approximate surface area is 227 Å². The van der Waals surface area contributed by atoms with E-state index in [-0.39, 0.29) is 30.6 Å². The number of aliphatic imine (C=N–C) groups is 1. The van der Waals surface area contributed by atoms with Crippen LogP contribution in [0.5, 0.6) is 5.75 Å². The maximum atomic E-state index is 13.1. The lowest BCUT2D eigenvalue weighted by Crippen LogP contribution is -2.34. The highest BCUT2D eigenvalue weighted by Crippen LogP contribution is 2.27. The standard InChI is InChI=1S/C28H40N4O5S/c1-20(2)32-13-12-29-28(32)24-10-8-23(9-11-24)18-30(5)26(33)19-37-15-14-31(6)38(34,35)27-21(3)16-25(36-7)17-22(27)4/h8-11,16-17,20H,12-15,18-19H2,1-7H3. The van der Waals surface area contributed by atoms with E-state index in [1.54, 1.807) is 45.0 Å². The van der Waals surface area contributed by atoms with Gasteiger partial charge < -0.3 is 19.3 Å². The Hall–Kier alpha value is -2.95. The summed E-state index contributed by atoms with van der Waals surface area (Å²) in [6, 6.07) is 11.9. The molecule has 0 atom stereocenters. The minimum absolute atomic E-state index is 0.104. The molecule has 10 heteroatoms. The zero-order valence-electron chi connectivity index (χ0n) is 23.5. The van der Waals surface area contributed by atoms with Gasteiger partial charge in [0.15, 0.2) is 0 Å². The Morgan fingerprint density at radius 3 is 2.32 bits per heavy atom. The average molecular weight is 545 g/mol. The van der Waals surface area contributed by atoms with Crippen molar-refractivity contribution in [3.63, 3.8) is 0 Å². The highest BCUT2D eigenvalue weighted by molar-refractivity contribution is 7.89. The molecule has 208 valence electrons. The molecule has 0 N–H and O–H groups in total. The minimum atomic E-state index is -3.71. The Morgan fingerprint density at radius 2 is 1.74 bits per heavy atom. The number of amidine groups is 1. The number of amides is 1. The van der Waals surface area contributed by atoms with Gasteiger partial charge in [-0.2, -0.15) is 4.31 Å². The molecule has 38 heavy (non-hydrogen) atoms. The van der Waals surface area contributed by atoms with Crippen LogP contribution in [0.1, 0.15) is 36.1 Å². The van der Waals surface area contributed by atoms with Crippen LogP contribution in [0.4, 0.5) is 0 Å². The van der Waals surface area contributed by atoms with Gasteiger partial charge >= 0.3 is 0 Å². The lowest BCUT2D eigenvalue weighted by atomic mass is 10.1. The van der Waals surface area contributed by atoms with Crippen LogP contribution in [0.25, 0.3) is 0 Å². The van der Waals surface area contributed by atoms with Crippen molar-refractivity contribution < 1.29 is 22.7 Å². The summed E-state index contributed by atoms with van der Waals surface area (Å²) in [5.41, 5.74) is 3.33. The van der Waals surface area contributed by atoms with E-state index in [9.17, 15) is 13.2 Å². The van der Waals surface area contributed by atoms with Crippen LogP contribution in [-0.4, -0.2) is 94.4 Å². The number of hydrogen-bond acceptors (Lipinski definition) is 7. The minimum Gasteiger partial charge on any atom is -0.497 e. The second-order valence-electron chi connectivity index (χ2n) is 9.91. The number of hydrogen-bond donors (Lipinski definition) is 0. The third-order valence-corrected chi connectivity index (χ3v) is 8.83. The molecule has 0 saturated heterocycles. The smallest absolute Gasteiger partial charge is 0.248 e. The van der Waals surface area contributed by atoms with Gasteiger partial charge in [0.2, 0.25) is 15.9 Å². The molecule has 1 aliphatic rings. The molecule has 0 radical (unpaired) electrons. The zero-order valence-corrected chi connectivity index (χ0v) is 24.3. The Bertz CT molecular complexity index is 1240. The predicted octanol–water partition coefficient (Wildman–Crippen LogP) is 3.08. The van der Waals surface area contributed by atoms with E-state index in [4.69, 9.17) is 9.47 Å². The third kappa shape index (κ3) is 6.92. The van der Waals surface area contributed by atoms with Crippen LogP contribution in [0.3, 0.4) is 0 Å². The summed E-state index contributed by atoms with van der Waals surface area (Å²) in [5.74, 6) is 1.46. The molecule has 0 saturated carbocycles. The summed E-state index contributed by atoms with van der Waals surface area (Å²) in [6.45, 7) is 10.1. The first kappa shape index (κ1) is 29.6. The van der Waals surface area contributed by atoms with Gasteiger partial charge in [0.05, 0.1) is 25.2 Å². The van der Waals surface area contributed by atoms with Crippen LogP contribution in [0.15, 0.2) is 46.3 Å². The highest BCUT2D eigenvalue weighted by atomic mass is 32.2. The van der Waals surface area contributed by atoms with Crippen molar-refractivity contribution in [2.75, 3.05) is 54.1 Å². The maximum absolute atomic E-state index is 13.1. The van der Waals surface area contributed by atoms with Crippen LogP contribution < -0.4 is 4.74 Å². The fourth-order valence-corrected chi connectivity index (χ4v) is 6.07. The quantitative estimate of drug-likeness (QED) is 0.382. The largest absolute Gasteiger partial charge is 0.497 e. The van der Waals surface area contributed by atoms with Crippen LogP contribution in [-0.2, 0) is 26.1 Å². The van der Waals surface area contributed by atoms with Gasteiger partial charge in [0, 0.05) is 45.3 Å². The monoisotopic (exact) mass is 544 g/mol. The summed E-state index contributed by atoms with van der Waals surface area (Å²) >= 11 is 0. The van der Waals surface area contributed by atoms with Crippen molar-refractivity contribution in [1.82, 2.24) is 14.1 Å². The van der Waals surface area contributed by atoms with Gasteiger partial charge in [-0.15, -0.1) is 0 Å². The van der Waals surface area contributed by atoms with Gasteiger partial charge in [-0.1, -0.05) is 24.3 Å². The molecule has 2 aromatic rings. The Kier molecular flexibility index (Phi) is 9.92. The van der Waals surface area contributed by atoms with E-state index < -0.39 is 10.0 Å². The number of likely N-dealkylation sites (N-methyl/N-ethyl adjacent to an activating group) is 2. The van der Waals surface area contributed by atoms with Crippen LogP contribution in [0.2, 0.25) is 0 Å². The fraction of sp³-hybridized carbons (Fsp3) is 0.500. The molecule has 2 aromatic carbocycles. The van der Waals surface area contributed by atoms with Crippen molar-refractivity contribution in [1.29, 1.82) is 0 Å². The number of sulfonamides is 1. The molecule has 0 aromatic heterocycles. The number of benzene rings is 2. The van der Waals surface area contributed by atoms with E-state index >= 15 is 0 Å². The predicted molar refractivity (Wildman–Crippen MR) is 149 cm³/mol. The molecule has 1 aliphatic heterocycles. The number of nitrogens with zero attached hydrogens (tertiary/aromatic N) is 4. The normalized spacial score (nSPS) is 13.8. The van der Waals surface area contributed by atoms with Gasteiger partial charge in [-0.3, -0.25) is 9.79 Å². The summed E-state index contributed by atoms with van der Waals surface area (Å²) in [7, 11) is 1.08. The molecule has 0 aliphatic carbocycles. The molecule has 1 amide bonds. The lowest BCUT2D eigenvalue weighted by Gasteiger charge is -2.25. The number of rotatable bonds is 12. The van der Waals surface area contributed by atoms with Crippen LogP contribution >= 0.6 is 0 Å². The van der Waals surface area contributed by atoms with E-state index in [1.165, 1.54) is 11.4 Å². The zero-order chi connectivity index (χ0) is 28.0. The number of carbonyl (C=O) groups excluding carboxylic acids is 1. The molecule has 3 rings (SSSR count). The van der Waals surface area contributed by atoms with Crippen molar-refractivity contribution in [3.8, 4) is 5.75 Å². The lowest BCUT2D eigenvalue weighted by molar-refractivity contribution is -0.135. The highest BCUT2D eigenvalue weighted by Gasteiger charge is 2.25. The molecule has 9 nitrogen and oxygen atoms in total. The summed E-state index contributed by atoms with van der Waals surface area (Å²) in [5, 5.41) is 0. The number of ether oxygens (including phenoxy) is 2. The van der Waals surface area contributed by atoms with Gasteiger partial charge in [-0.05, 0) is 56.5 Å². The number of carbonyl (C=O) groups is 1. The fourth-order valence-electron chi connectivity index (χ4n) is 4.52. The number of aryl methyl sites for hydroxylation is 2. The number of methoxy groups -OCH3 is 1. The summed E-state index contributed by atoms with van der Waals surface area (Å²) in [4.78, 5) is 21.4. The topological polar surface area (TPSA) is 91.7 Å². The van der Waals surface area contributed by atoms with E-state index in [1.807, 2.05) is 24.3 Å². The second kappa shape index (κ2) is 12.7. The van der Waals surface area contributed by atoms with E-state index in [0.717, 1.165) is 30.1 Å². The Morgan fingerprint density at radius 1 is 1.11 bits per heavy atom. The molecule has 1 heterocycles.